The van der Waals surface area contributed by atoms with Crippen LogP contribution in [0, 0.1) is 0 Å². The Balaban J connectivity index is 1.90. The Bertz CT molecular complexity index is 997. The molecule has 3 rings (SSSR count). The number of anilines is 1. The van der Waals surface area contributed by atoms with Gasteiger partial charge in [0.2, 0.25) is 15.9 Å². The number of nitrogens with zero attached hydrogens (tertiary/aromatic N) is 3. The highest BCUT2D eigenvalue weighted by atomic mass is 32.2. The van der Waals surface area contributed by atoms with E-state index in [1.165, 1.54) is 6.07 Å². The van der Waals surface area contributed by atoms with Gasteiger partial charge in [0.15, 0.2) is 5.69 Å². The van der Waals surface area contributed by atoms with Crippen molar-refractivity contribution in [2.24, 2.45) is 5.73 Å². The van der Waals surface area contributed by atoms with Crippen molar-refractivity contribution in [3.05, 3.63) is 30.5 Å². The second-order valence-corrected chi connectivity index (χ2v) is 10.2. The van der Waals surface area contributed by atoms with E-state index in [2.05, 4.69) is 16.3 Å². The molecule has 0 spiro atoms. The van der Waals surface area contributed by atoms with Gasteiger partial charge >= 0.3 is 6.18 Å². The second kappa shape index (κ2) is 10.6. The first-order valence-electron chi connectivity index (χ1n) is 11.0. The van der Waals surface area contributed by atoms with Gasteiger partial charge in [-0.2, -0.15) is 13.2 Å². The molecule has 2 aliphatic heterocycles. The van der Waals surface area contributed by atoms with Crippen molar-refractivity contribution in [1.82, 2.24) is 14.6 Å². The Morgan fingerprint density at radius 2 is 1.94 bits per heavy atom. The van der Waals surface area contributed by atoms with Gasteiger partial charge in [0.05, 0.1) is 6.54 Å². The third kappa shape index (κ3) is 6.46. The van der Waals surface area contributed by atoms with E-state index in [4.69, 9.17) is 10.5 Å². The molecule has 3 heterocycles. The first-order chi connectivity index (χ1) is 16.0. The minimum atomic E-state index is -4.98. The Morgan fingerprint density at radius 1 is 1.24 bits per heavy atom. The summed E-state index contributed by atoms with van der Waals surface area (Å²) >= 11 is 0. The predicted molar refractivity (Wildman–Crippen MR) is 120 cm³/mol. The van der Waals surface area contributed by atoms with E-state index in [0.717, 1.165) is 6.07 Å². The van der Waals surface area contributed by atoms with Gasteiger partial charge in [0.1, 0.15) is 10.7 Å². The molecule has 0 saturated carbocycles. The molecule has 1 amide bonds. The molecular formula is C21H30F3N5O4S. The van der Waals surface area contributed by atoms with Crippen LogP contribution in [0.4, 0.5) is 19.0 Å². The van der Waals surface area contributed by atoms with Crippen LogP contribution in [0.15, 0.2) is 29.7 Å². The van der Waals surface area contributed by atoms with Gasteiger partial charge < -0.3 is 15.4 Å². The summed E-state index contributed by atoms with van der Waals surface area (Å²) in [6.45, 7) is 6.02. The van der Waals surface area contributed by atoms with Crippen LogP contribution >= 0.6 is 0 Å². The lowest BCUT2D eigenvalue weighted by molar-refractivity contribution is -0.143. The summed E-state index contributed by atoms with van der Waals surface area (Å²) in [6, 6.07) is 2.25. The molecule has 1 aromatic heterocycles. The number of rotatable bonds is 8. The predicted octanol–water partition coefficient (Wildman–Crippen LogP) is 1.50. The molecule has 2 fully saturated rings. The zero-order chi connectivity index (χ0) is 25.0. The molecule has 0 unspecified atom stereocenters. The highest BCUT2D eigenvalue weighted by Crippen LogP contribution is 2.36. The van der Waals surface area contributed by atoms with Gasteiger partial charge in [-0.15, -0.1) is 6.58 Å². The van der Waals surface area contributed by atoms with E-state index in [1.807, 2.05) is 4.90 Å². The normalized spacial score (nSPS) is 20.0. The summed E-state index contributed by atoms with van der Waals surface area (Å²) in [5.41, 5.74) is 2.81. The third-order valence-corrected chi connectivity index (χ3v) is 7.64. The van der Waals surface area contributed by atoms with Crippen LogP contribution in [0.2, 0.25) is 0 Å². The highest BCUT2D eigenvalue weighted by Gasteiger charge is 2.43. The number of amides is 1. The Morgan fingerprint density at radius 3 is 2.56 bits per heavy atom. The van der Waals surface area contributed by atoms with E-state index in [1.54, 1.807) is 11.0 Å². The van der Waals surface area contributed by atoms with Crippen LogP contribution in [-0.4, -0.2) is 75.7 Å². The Hall–Kier alpha value is -2.22. The van der Waals surface area contributed by atoms with Crippen molar-refractivity contribution in [3.8, 4) is 0 Å². The molecular weight excluding hydrogens is 475 g/mol. The van der Waals surface area contributed by atoms with Crippen LogP contribution in [0.5, 0.6) is 0 Å². The topological polar surface area (TPSA) is 118 Å². The first kappa shape index (κ1) is 26.4. The van der Waals surface area contributed by atoms with Gasteiger partial charge in [-0.1, -0.05) is 6.08 Å². The largest absolute Gasteiger partial charge is 0.434 e. The van der Waals surface area contributed by atoms with Gasteiger partial charge in [-0.3, -0.25) is 9.69 Å². The fourth-order valence-electron chi connectivity index (χ4n) is 4.34. The maximum Gasteiger partial charge on any atom is 0.434 e. The third-order valence-electron chi connectivity index (χ3n) is 6.03. The van der Waals surface area contributed by atoms with Crippen molar-refractivity contribution in [2.45, 2.75) is 42.3 Å². The van der Waals surface area contributed by atoms with Crippen LogP contribution in [0.25, 0.3) is 0 Å². The van der Waals surface area contributed by atoms with E-state index in [0.29, 0.717) is 58.7 Å². The molecule has 2 aliphatic rings. The number of carbonyl (C=O) groups excluding carboxylic acids is 1. The fraction of sp³-hybridized carbons (Fsp3) is 0.619. The van der Waals surface area contributed by atoms with E-state index < -0.39 is 38.2 Å². The number of nitrogens with one attached hydrogen (secondary N) is 1. The number of sulfonamides is 1. The number of alkyl halides is 3. The maximum absolute atomic E-state index is 14.0. The molecule has 0 aliphatic carbocycles. The number of carbonyl (C=O) groups is 1. The monoisotopic (exact) mass is 505 g/mol. The summed E-state index contributed by atoms with van der Waals surface area (Å²) in [5, 5.41) is 0. The summed E-state index contributed by atoms with van der Waals surface area (Å²) in [5.74, 6) is -0.453. The van der Waals surface area contributed by atoms with E-state index in [9.17, 15) is 26.4 Å². The van der Waals surface area contributed by atoms with Crippen molar-refractivity contribution < 1.29 is 31.1 Å². The lowest BCUT2D eigenvalue weighted by Crippen LogP contribution is -2.51. The lowest BCUT2D eigenvalue weighted by Gasteiger charge is -2.37. The van der Waals surface area contributed by atoms with Crippen LogP contribution < -0.4 is 15.4 Å². The second-order valence-electron chi connectivity index (χ2n) is 8.59. The van der Waals surface area contributed by atoms with Crippen molar-refractivity contribution in [1.29, 1.82) is 0 Å². The zero-order valence-electron chi connectivity index (χ0n) is 18.8. The van der Waals surface area contributed by atoms with Gasteiger partial charge in [-0.25, -0.2) is 18.1 Å². The first-order valence-corrected chi connectivity index (χ1v) is 12.5. The van der Waals surface area contributed by atoms with Gasteiger partial charge in [-0.05, 0) is 37.8 Å². The minimum Gasteiger partial charge on any atom is -0.381 e. The van der Waals surface area contributed by atoms with E-state index >= 15 is 0 Å². The van der Waals surface area contributed by atoms with Gasteiger partial charge in [0, 0.05) is 44.9 Å². The van der Waals surface area contributed by atoms with Crippen LogP contribution in [0.3, 0.4) is 0 Å². The average molecular weight is 506 g/mol. The number of nitrogens with two attached hydrogens (primary N) is 1. The molecule has 0 radical (unpaired) electrons. The maximum atomic E-state index is 14.0. The quantitative estimate of drug-likeness (QED) is 0.514. The number of halogens is 3. The molecule has 0 aromatic carbocycles. The number of pyridine rings is 1. The molecule has 34 heavy (non-hydrogen) atoms. The summed E-state index contributed by atoms with van der Waals surface area (Å²) in [7, 11) is -4.55. The zero-order valence-corrected chi connectivity index (χ0v) is 19.6. The number of hydrogen-bond acceptors (Lipinski definition) is 7. The molecule has 9 nitrogen and oxygen atoms in total. The number of hydrogen-bond donors (Lipinski definition) is 2. The number of primary amides is 1. The lowest BCUT2D eigenvalue weighted by atomic mass is 9.88. The van der Waals surface area contributed by atoms with Gasteiger partial charge in [0.25, 0.3) is 0 Å². The van der Waals surface area contributed by atoms with Crippen molar-refractivity contribution in [2.75, 3.05) is 50.8 Å². The minimum absolute atomic E-state index is 0.0269. The van der Waals surface area contributed by atoms with Crippen molar-refractivity contribution in [3.63, 3.8) is 0 Å². The number of ether oxygens (including phenoxy) is 1. The highest BCUT2D eigenvalue weighted by molar-refractivity contribution is 7.89. The SMILES string of the molecule is C=CCC1(NS(=O)(=O)c2ccc(N3CCCN(CC(N)=O)CC3)nc2C(F)(F)F)CCOCC1. The standard InChI is InChI=1S/C21H30F3N5O4S/c1-2-6-20(7-13-33-14-8-20)27-34(31,32)16-4-5-18(26-19(16)21(22,23)24)29-10-3-9-28(11-12-29)15-17(25)30/h2,4-5,27H,1,3,6-15H2,(H2,25,30). The summed E-state index contributed by atoms with van der Waals surface area (Å²) in [6.07, 6.45) is -1.95. The summed E-state index contributed by atoms with van der Waals surface area (Å²) < 4.78 is 76.0. The molecule has 13 heteroatoms. The molecule has 190 valence electrons. The fourth-order valence-corrected chi connectivity index (χ4v) is 5.97. The average Bonchev–Trinajstić information content (AvgIpc) is 2.98. The van der Waals surface area contributed by atoms with Crippen molar-refractivity contribution >= 4 is 21.7 Å². The van der Waals surface area contributed by atoms with Crippen LogP contribution in [-0.2, 0) is 25.7 Å². The summed E-state index contributed by atoms with van der Waals surface area (Å²) in [4.78, 5) is 17.5. The number of aromatic nitrogens is 1. The van der Waals surface area contributed by atoms with Crippen LogP contribution in [0.1, 0.15) is 31.4 Å². The Kier molecular flexibility index (Phi) is 8.22. The molecule has 3 N–H and O–H groups in total. The molecule has 2 saturated heterocycles. The molecule has 1 aromatic rings. The Labute approximate surface area is 197 Å². The van der Waals surface area contributed by atoms with E-state index in [-0.39, 0.29) is 18.8 Å². The molecule has 0 bridgehead atoms. The molecule has 0 atom stereocenters. The smallest absolute Gasteiger partial charge is 0.381 e.